The minimum absolute atomic E-state index is 0.129. The van der Waals surface area contributed by atoms with Gasteiger partial charge in [-0.05, 0) is 49.7 Å². The highest BCUT2D eigenvalue weighted by Crippen LogP contribution is 2.23. The van der Waals surface area contributed by atoms with Crippen LogP contribution >= 0.6 is 0 Å². The number of pyridine rings is 2. The van der Waals surface area contributed by atoms with Crippen molar-refractivity contribution in [3.8, 4) is 0 Å². The summed E-state index contributed by atoms with van der Waals surface area (Å²) in [5.41, 5.74) is 7.12. The van der Waals surface area contributed by atoms with Crippen molar-refractivity contribution in [1.82, 2.24) is 20.2 Å². The number of carbonyl (C=O) groups is 1. The minimum Gasteiger partial charge on any atom is -0.384 e. The van der Waals surface area contributed by atoms with E-state index in [1.54, 1.807) is 24.4 Å². The molecule has 0 bridgehead atoms. The van der Waals surface area contributed by atoms with E-state index in [1.807, 2.05) is 12.3 Å². The van der Waals surface area contributed by atoms with Crippen molar-refractivity contribution in [2.75, 3.05) is 25.4 Å². The standard InChI is InChI=1S/C18H23N5O/c19-17-8-4-7-15(22-17)18(24)21-13-16(14-6-5-9-20-12-14)23-10-2-1-3-11-23/h4-9,12,16H,1-3,10-11,13H2,(H2,19,22)(H,21,24)/t16-/m1/s1. The van der Waals surface area contributed by atoms with Crippen LogP contribution in [0.4, 0.5) is 5.82 Å². The first-order chi connectivity index (χ1) is 11.7. The van der Waals surface area contributed by atoms with Gasteiger partial charge in [0.25, 0.3) is 5.91 Å². The van der Waals surface area contributed by atoms with Crippen molar-refractivity contribution in [1.29, 1.82) is 0 Å². The fraction of sp³-hybridized carbons (Fsp3) is 0.389. The fourth-order valence-electron chi connectivity index (χ4n) is 3.12. The van der Waals surface area contributed by atoms with E-state index < -0.39 is 0 Å². The number of nitrogens with two attached hydrogens (primary N) is 1. The molecule has 6 heteroatoms. The fourth-order valence-corrected chi connectivity index (χ4v) is 3.12. The molecule has 3 rings (SSSR count). The molecule has 6 nitrogen and oxygen atoms in total. The molecule has 0 unspecified atom stereocenters. The van der Waals surface area contributed by atoms with Crippen molar-refractivity contribution in [2.24, 2.45) is 0 Å². The van der Waals surface area contributed by atoms with Crippen LogP contribution < -0.4 is 11.1 Å². The zero-order valence-corrected chi connectivity index (χ0v) is 13.7. The maximum Gasteiger partial charge on any atom is 0.270 e. The molecule has 3 heterocycles. The van der Waals surface area contributed by atoms with Gasteiger partial charge in [0, 0.05) is 18.9 Å². The zero-order chi connectivity index (χ0) is 16.8. The zero-order valence-electron chi connectivity index (χ0n) is 13.7. The number of hydrogen-bond acceptors (Lipinski definition) is 5. The van der Waals surface area contributed by atoms with E-state index in [1.165, 1.54) is 19.3 Å². The van der Waals surface area contributed by atoms with Gasteiger partial charge >= 0.3 is 0 Å². The number of amides is 1. The molecular weight excluding hydrogens is 302 g/mol. The Morgan fingerprint density at radius 1 is 1.21 bits per heavy atom. The van der Waals surface area contributed by atoms with Crippen LogP contribution in [0.2, 0.25) is 0 Å². The van der Waals surface area contributed by atoms with Crippen molar-refractivity contribution in [3.05, 3.63) is 54.0 Å². The summed E-state index contributed by atoms with van der Waals surface area (Å²) < 4.78 is 0. The lowest BCUT2D eigenvalue weighted by atomic mass is 10.0. The minimum atomic E-state index is -0.201. The highest BCUT2D eigenvalue weighted by Gasteiger charge is 2.23. The summed E-state index contributed by atoms with van der Waals surface area (Å²) in [4.78, 5) is 23.1. The Hall–Kier alpha value is -2.47. The Bertz CT molecular complexity index is 670. The first-order valence-corrected chi connectivity index (χ1v) is 8.39. The molecule has 24 heavy (non-hydrogen) atoms. The molecule has 2 aromatic rings. The predicted molar refractivity (Wildman–Crippen MR) is 93.4 cm³/mol. The molecule has 3 N–H and O–H groups in total. The smallest absolute Gasteiger partial charge is 0.270 e. The number of hydrogen-bond donors (Lipinski definition) is 2. The molecule has 1 atom stereocenters. The average Bonchev–Trinajstić information content (AvgIpc) is 2.63. The van der Waals surface area contributed by atoms with Crippen LogP contribution in [-0.4, -0.2) is 40.4 Å². The van der Waals surface area contributed by atoms with E-state index >= 15 is 0 Å². The summed E-state index contributed by atoms with van der Waals surface area (Å²) in [5, 5.41) is 3.00. The maximum absolute atomic E-state index is 12.4. The second-order valence-corrected chi connectivity index (χ2v) is 6.06. The highest BCUT2D eigenvalue weighted by molar-refractivity contribution is 5.92. The quantitative estimate of drug-likeness (QED) is 0.878. The topological polar surface area (TPSA) is 84.1 Å². The largest absolute Gasteiger partial charge is 0.384 e. The number of aromatic nitrogens is 2. The first-order valence-electron chi connectivity index (χ1n) is 8.39. The van der Waals surface area contributed by atoms with Crippen molar-refractivity contribution in [3.63, 3.8) is 0 Å². The van der Waals surface area contributed by atoms with Crippen LogP contribution in [0.5, 0.6) is 0 Å². The molecule has 126 valence electrons. The average molecular weight is 325 g/mol. The monoisotopic (exact) mass is 325 g/mol. The summed E-state index contributed by atoms with van der Waals surface area (Å²) in [6.45, 7) is 2.62. The van der Waals surface area contributed by atoms with Crippen LogP contribution in [-0.2, 0) is 0 Å². The van der Waals surface area contributed by atoms with Crippen LogP contribution in [0, 0.1) is 0 Å². The Kier molecular flexibility index (Phi) is 5.38. The van der Waals surface area contributed by atoms with Gasteiger partial charge in [-0.25, -0.2) is 4.98 Å². The molecule has 0 saturated carbocycles. The molecule has 1 aliphatic heterocycles. The normalized spacial score (nSPS) is 16.5. The second-order valence-electron chi connectivity index (χ2n) is 6.06. The highest BCUT2D eigenvalue weighted by atomic mass is 16.1. The number of nitrogens with zero attached hydrogens (tertiary/aromatic N) is 3. The van der Waals surface area contributed by atoms with Crippen molar-refractivity contribution < 1.29 is 4.79 Å². The maximum atomic E-state index is 12.4. The molecule has 2 aromatic heterocycles. The van der Waals surface area contributed by atoms with Crippen molar-refractivity contribution >= 4 is 11.7 Å². The lowest BCUT2D eigenvalue weighted by Crippen LogP contribution is -2.40. The van der Waals surface area contributed by atoms with E-state index in [2.05, 4.69) is 26.3 Å². The number of nitrogen functional groups attached to an aromatic ring is 1. The third kappa shape index (κ3) is 4.08. The van der Waals surface area contributed by atoms with Crippen molar-refractivity contribution in [2.45, 2.75) is 25.3 Å². The molecule has 0 spiro atoms. The molecular formula is C18H23N5O. The summed E-state index contributed by atoms with van der Waals surface area (Å²) in [6, 6.07) is 9.21. The summed E-state index contributed by atoms with van der Waals surface area (Å²) >= 11 is 0. The van der Waals surface area contributed by atoms with Gasteiger partial charge < -0.3 is 11.1 Å². The first kappa shape index (κ1) is 16.4. The van der Waals surface area contributed by atoms with E-state index in [9.17, 15) is 4.79 Å². The van der Waals surface area contributed by atoms with E-state index in [4.69, 9.17) is 5.73 Å². The predicted octanol–water partition coefficient (Wildman–Crippen LogP) is 2.02. The molecule has 1 amide bonds. The summed E-state index contributed by atoms with van der Waals surface area (Å²) in [6.07, 6.45) is 7.31. The van der Waals surface area contributed by atoms with Gasteiger partial charge in [-0.2, -0.15) is 0 Å². The SMILES string of the molecule is Nc1cccc(C(=O)NC[C@H](c2cccnc2)N2CCCCC2)n1. The van der Waals surface area contributed by atoms with E-state index in [-0.39, 0.29) is 11.9 Å². The number of carbonyl (C=O) groups excluding carboxylic acids is 1. The molecule has 1 aliphatic rings. The van der Waals surface area contributed by atoms with E-state index in [0.29, 0.717) is 18.1 Å². The lowest BCUT2D eigenvalue weighted by Gasteiger charge is -2.34. The van der Waals surface area contributed by atoms with Gasteiger partial charge in [0.15, 0.2) is 0 Å². The summed E-state index contributed by atoms with van der Waals surface area (Å²) in [5.74, 6) is 0.149. The van der Waals surface area contributed by atoms with Gasteiger partial charge in [0.05, 0.1) is 6.04 Å². The molecule has 0 aromatic carbocycles. The number of likely N-dealkylation sites (tertiary alicyclic amines) is 1. The molecule has 1 fully saturated rings. The number of rotatable bonds is 5. The number of piperidine rings is 1. The van der Waals surface area contributed by atoms with Crippen LogP contribution in [0.1, 0.15) is 41.4 Å². The van der Waals surface area contributed by atoms with Crippen LogP contribution in [0.15, 0.2) is 42.7 Å². The molecule has 0 radical (unpaired) electrons. The van der Waals surface area contributed by atoms with E-state index in [0.717, 1.165) is 18.7 Å². The Morgan fingerprint density at radius 2 is 2.04 bits per heavy atom. The Morgan fingerprint density at radius 3 is 2.75 bits per heavy atom. The number of nitrogens with one attached hydrogen (secondary N) is 1. The molecule has 0 aliphatic carbocycles. The van der Waals surface area contributed by atoms with Crippen LogP contribution in [0.25, 0.3) is 0 Å². The third-order valence-electron chi connectivity index (χ3n) is 4.36. The van der Waals surface area contributed by atoms with Gasteiger partial charge in [-0.15, -0.1) is 0 Å². The Labute approximate surface area is 142 Å². The Balaban J connectivity index is 1.71. The molecule has 1 saturated heterocycles. The summed E-state index contributed by atoms with van der Waals surface area (Å²) in [7, 11) is 0. The van der Waals surface area contributed by atoms with Crippen LogP contribution in [0.3, 0.4) is 0 Å². The van der Waals surface area contributed by atoms with Gasteiger partial charge in [-0.1, -0.05) is 18.6 Å². The van der Waals surface area contributed by atoms with Gasteiger partial charge in [0.1, 0.15) is 11.5 Å². The van der Waals surface area contributed by atoms with Gasteiger partial charge in [0.2, 0.25) is 0 Å². The van der Waals surface area contributed by atoms with Gasteiger partial charge in [-0.3, -0.25) is 14.7 Å². The number of anilines is 1. The lowest BCUT2D eigenvalue weighted by molar-refractivity contribution is 0.0919. The third-order valence-corrected chi connectivity index (χ3v) is 4.36. The second kappa shape index (κ2) is 7.88.